The Morgan fingerprint density at radius 3 is 2.48 bits per heavy atom. The Morgan fingerprint density at radius 2 is 1.76 bits per heavy atom. The number of nitrogens with zero attached hydrogens (tertiary/aromatic N) is 3. The molecule has 0 unspecified atom stereocenters. The molecule has 0 saturated carbocycles. The summed E-state index contributed by atoms with van der Waals surface area (Å²) in [5.74, 6) is 0. The van der Waals surface area contributed by atoms with Crippen molar-refractivity contribution in [3.63, 3.8) is 0 Å². The van der Waals surface area contributed by atoms with Gasteiger partial charge in [0.1, 0.15) is 6.07 Å². The predicted molar refractivity (Wildman–Crippen MR) is 115 cm³/mol. The summed E-state index contributed by atoms with van der Waals surface area (Å²) in [6.07, 6.45) is 1.87. The molecule has 0 radical (unpaired) electrons. The van der Waals surface area contributed by atoms with Gasteiger partial charge in [-0.2, -0.15) is 5.26 Å². The molecule has 0 amide bonds. The lowest BCUT2D eigenvalue weighted by molar-refractivity contribution is 0.529. The second-order valence-electron chi connectivity index (χ2n) is 7.12. The molecule has 148 valence electrons. The molecular formula is C22H21N3O2S2. The minimum Gasteiger partial charge on any atom is -0.348 e. The first-order valence-corrected chi connectivity index (χ1v) is 12.0. The number of thiazole rings is 1. The zero-order chi connectivity index (χ0) is 20.3. The number of aromatic nitrogens is 1. The summed E-state index contributed by atoms with van der Waals surface area (Å²) in [6, 6.07) is 18.7. The van der Waals surface area contributed by atoms with Crippen molar-refractivity contribution in [3.05, 3.63) is 76.8 Å². The van der Waals surface area contributed by atoms with Gasteiger partial charge in [0.2, 0.25) is 0 Å². The Morgan fingerprint density at radius 1 is 1.07 bits per heavy atom. The van der Waals surface area contributed by atoms with Crippen LogP contribution in [0.3, 0.4) is 0 Å². The van der Waals surface area contributed by atoms with Gasteiger partial charge in [0.15, 0.2) is 15.0 Å². The van der Waals surface area contributed by atoms with Crippen LogP contribution in [0.4, 0.5) is 5.13 Å². The summed E-state index contributed by atoms with van der Waals surface area (Å²) in [5.41, 5.74) is 2.49. The molecule has 0 spiro atoms. The van der Waals surface area contributed by atoms with Crippen molar-refractivity contribution in [2.45, 2.75) is 29.4 Å². The number of nitriles is 1. The molecule has 0 N–H and O–H groups in total. The van der Waals surface area contributed by atoms with E-state index in [1.54, 1.807) is 29.5 Å². The molecule has 4 rings (SSSR count). The van der Waals surface area contributed by atoms with Gasteiger partial charge in [-0.1, -0.05) is 42.5 Å². The van der Waals surface area contributed by atoms with E-state index in [0.29, 0.717) is 25.9 Å². The third-order valence-corrected chi connectivity index (χ3v) is 8.50. The summed E-state index contributed by atoms with van der Waals surface area (Å²) in [4.78, 5) is 7.08. The van der Waals surface area contributed by atoms with Crippen molar-refractivity contribution < 1.29 is 8.42 Å². The molecule has 5 nitrogen and oxygen atoms in total. The van der Waals surface area contributed by atoms with Crippen molar-refractivity contribution in [2.24, 2.45) is 0 Å². The molecule has 2 heterocycles. The van der Waals surface area contributed by atoms with Gasteiger partial charge in [0.05, 0.1) is 21.4 Å². The van der Waals surface area contributed by atoms with E-state index < -0.39 is 15.1 Å². The summed E-state index contributed by atoms with van der Waals surface area (Å²) in [6.45, 7) is 1.30. The number of piperidine rings is 1. The quantitative estimate of drug-likeness (QED) is 0.619. The first-order valence-electron chi connectivity index (χ1n) is 9.54. The smallest absolute Gasteiger partial charge is 0.185 e. The monoisotopic (exact) mass is 423 g/mol. The lowest BCUT2D eigenvalue weighted by Gasteiger charge is -2.31. The van der Waals surface area contributed by atoms with E-state index in [-0.39, 0.29) is 10.5 Å². The molecule has 29 heavy (non-hydrogen) atoms. The highest BCUT2D eigenvalue weighted by Gasteiger charge is 2.33. The van der Waals surface area contributed by atoms with E-state index in [4.69, 9.17) is 4.98 Å². The summed E-state index contributed by atoms with van der Waals surface area (Å²) >= 11 is 1.61. The Balaban J connectivity index is 1.43. The topological polar surface area (TPSA) is 74.1 Å². The van der Waals surface area contributed by atoms with Crippen molar-refractivity contribution >= 4 is 26.3 Å². The zero-order valence-corrected chi connectivity index (χ0v) is 17.5. The fourth-order valence-electron chi connectivity index (χ4n) is 3.67. The van der Waals surface area contributed by atoms with Crippen LogP contribution in [0.5, 0.6) is 0 Å². The maximum atomic E-state index is 13.0. The fraction of sp³-hybridized carbons (Fsp3) is 0.273. The van der Waals surface area contributed by atoms with E-state index in [1.807, 2.05) is 24.3 Å². The van der Waals surface area contributed by atoms with Gasteiger partial charge in [-0.25, -0.2) is 13.4 Å². The van der Waals surface area contributed by atoms with Crippen LogP contribution in [-0.2, 0) is 16.3 Å². The van der Waals surface area contributed by atoms with E-state index >= 15 is 0 Å². The molecule has 0 atom stereocenters. The summed E-state index contributed by atoms with van der Waals surface area (Å²) < 4.78 is 26.1. The van der Waals surface area contributed by atoms with Gasteiger partial charge < -0.3 is 4.90 Å². The van der Waals surface area contributed by atoms with Gasteiger partial charge in [0.25, 0.3) is 0 Å². The minimum absolute atomic E-state index is 0.153. The second-order valence-corrected chi connectivity index (χ2v) is 10.2. The Bertz CT molecular complexity index is 1130. The lowest BCUT2D eigenvalue weighted by atomic mass is 10.1. The number of rotatable bonds is 5. The van der Waals surface area contributed by atoms with Gasteiger partial charge in [-0.15, -0.1) is 11.3 Å². The average molecular weight is 424 g/mol. The highest BCUT2D eigenvalue weighted by Crippen LogP contribution is 2.30. The van der Waals surface area contributed by atoms with E-state index in [1.165, 1.54) is 11.6 Å². The van der Waals surface area contributed by atoms with Crippen LogP contribution in [0.2, 0.25) is 0 Å². The zero-order valence-electron chi connectivity index (χ0n) is 15.9. The third-order valence-electron chi connectivity index (χ3n) is 5.23. The highest BCUT2D eigenvalue weighted by atomic mass is 32.2. The number of anilines is 1. The fourth-order valence-corrected chi connectivity index (χ4v) is 6.43. The second kappa shape index (κ2) is 8.36. The summed E-state index contributed by atoms with van der Waals surface area (Å²) in [7, 11) is -3.51. The molecular weight excluding hydrogens is 402 g/mol. The van der Waals surface area contributed by atoms with E-state index in [9.17, 15) is 13.7 Å². The van der Waals surface area contributed by atoms with Crippen molar-refractivity contribution in [2.75, 3.05) is 18.0 Å². The SMILES string of the molecule is N#Cc1ccccc1S(=O)(=O)C1CCN(c2nc(Cc3ccccc3)cs2)CC1. The van der Waals surface area contributed by atoms with Crippen LogP contribution in [0.25, 0.3) is 0 Å². The van der Waals surface area contributed by atoms with E-state index in [2.05, 4.69) is 22.4 Å². The number of benzene rings is 2. The Labute approximate surface area is 175 Å². The standard InChI is InChI=1S/C22H21N3O2S2/c23-15-18-8-4-5-9-21(18)29(26,27)20-10-12-25(13-11-20)22-24-19(16-28-22)14-17-6-2-1-3-7-17/h1-9,16,20H,10-14H2. The number of hydrogen-bond donors (Lipinski definition) is 0. The normalized spacial score (nSPS) is 15.2. The highest BCUT2D eigenvalue weighted by molar-refractivity contribution is 7.92. The van der Waals surface area contributed by atoms with E-state index in [0.717, 1.165) is 17.2 Å². The number of sulfone groups is 1. The first kappa shape index (κ1) is 19.6. The Hall–Kier alpha value is -2.69. The molecule has 1 aliphatic heterocycles. The third kappa shape index (κ3) is 4.19. The molecule has 3 aromatic rings. The lowest BCUT2D eigenvalue weighted by Crippen LogP contribution is -2.39. The molecule has 2 aromatic carbocycles. The van der Waals surface area contributed by atoms with Crippen LogP contribution in [-0.4, -0.2) is 31.7 Å². The Kier molecular flexibility index (Phi) is 5.65. The molecule has 0 aliphatic carbocycles. The molecule has 1 fully saturated rings. The van der Waals surface area contributed by atoms with Crippen LogP contribution >= 0.6 is 11.3 Å². The van der Waals surface area contributed by atoms with Gasteiger partial charge in [-0.05, 0) is 30.5 Å². The van der Waals surface area contributed by atoms with Crippen molar-refractivity contribution in [1.82, 2.24) is 4.98 Å². The average Bonchev–Trinajstić information content (AvgIpc) is 3.23. The van der Waals surface area contributed by atoms with Crippen LogP contribution < -0.4 is 4.90 Å². The molecule has 1 aliphatic rings. The minimum atomic E-state index is -3.51. The van der Waals surface area contributed by atoms with Crippen LogP contribution in [0.1, 0.15) is 29.7 Å². The molecule has 7 heteroatoms. The van der Waals surface area contributed by atoms with Crippen molar-refractivity contribution in [1.29, 1.82) is 5.26 Å². The first-order chi connectivity index (χ1) is 14.1. The summed E-state index contributed by atoms with van der Waals surface area (Å²) in [5, 5.41) is 11.8. The molecule has 1 saturated heterocycles. The van der Waals surface area contributed by atoms with Crippen LogP contribution in [0, 0.1) is 11.3 Å². The molecule has 1 aromatic heterocycles. The largest absolute Gasteiger partial charge is 0.348 e. The van der Waals surface area contributed by atoms with Crippen molar-refractivity contribution in [3.8, 4) is 6.07 Å². The van der Waals surface area contributed by atoms with Gasteiger partial charge >= 0.3 is 0 Å². The van der Waals surface area contributed by atoms with Gasteiger partial charge in [0, 0.05) is 24.9 Å². The van der Waals surface area contributed by atoms with Gasteiger partial charge in [-0.3, -0.25) is 0 Å². The molecule has 0 bridgehead atoms. The number of hydrogen-bond acceptors (Lipinski definition) is 6. The predicted octanol–water partition coefficient (Wildman–Crippen LogP) is 4.05. The van der Waals surface area contributed by atoms with Crippen LogP contribution in [0.15, 0.2) is 64.9 Å². The maximum absolute atomic E-state index is 13.0. The maximum Gasteiger partial charge on any atom is 0.185 e.